The Labute approximate surface area is 170 Å². The molecular formula is C18H23N3O6S2. The number of hydrogen-bond donors (Lipinski definition) is 3. The lowest BCUT2D eigenvalue weighted by atomic mass is 10.2. The van der Waals surface area contributed by atoms with Gasteiger partial charge < -0.3 is 10.1 Å². The highest BCUT2D eigenvalue weighted by atomic mass is 32.2. The van der Waals surface area contributed by atoms with Gasteiger partial charge in [-0.15, -0.1) is 0 Å². The molecule has 0 atom stereocenters. The van der Waals surface area contributed by atoms with Gasteiger partial charge in [0.15, 0.2) is 0 Å². The molecule has 2 rings (SSSR count). The van der Waals surface area contributed by atoms with Crippen molar-refractivity contribution in [2.45, 2.75) is 11.4 Å². The number of methoxy groups -OCH3 is 1. The van der Waals surface area contributed by atoms with Crippen molar-refractivity contribution in [2.75, 3.05) is 31.2 Å². The number of rotatable bonds is 10. The molecule has 1 amide bonds. The van der Waals surface area contributed by atoms with E-state index in [2.05, 4.69) is 14.8 Å². The number of ether oxygens (including phenoxy) is 1. The minimum Gasteiger partial charge on any atom is -0.383 e. The zero-order chi connectivity index (χ0) is 21.5. The van der Waals surface area contributed by atoms with Gasteiger partial charge in [0.05, 0.1) is 17.8 Å². The minimum atomic E-state index is -3.61. The van der Waals surface area contributed by atoms with Gasteiger partial charge >= 0.3 is 0 Å². The van der Waals surface area contributed by atoms with E-state index < -0.39 is 20.0 Å². The van der Waals surface area contributed by atoms with Gasteiger partial charge in [-0.1, -0.05) is 12.1 Å². The van der Waals surface area contributed by atoms with Crippen LogP contribution in [0.2, 0.25) is 0 Å². The molecule has 0 radical (unpaired) electrons. The fourth-order valence-corrected chi connectivity index (χ4v) is 3.91. The lowest BCUT2D eigenvalue weighted by Crippen LogP contribution is -2.27. The highest BCUT2D eigenvalue weighted by Gasteiger charge is 2.13. The number of anilines is 1. The molecule has 3 N–H and O–H groups in total. The van der Waals surface area contributed by atoms with Crippen molar-refractivity contribution in [1.29, 1.82) is 0 Å². The third-order valence-corrected chi connectivity index (χ3v) is 5.82. The van der Waals surface area contributed by atoms with Crippen LogP contribution in [0, 0.1) is 0 Å². The van der Waals surface area contributed by atoms with Crippen LogP contribution in [-0.4, -0.2) is 49.3 Å². The van der Waals surface area contributed by atoms with Crippen LogP contribution in [0.5, 0.6) is 0 Å². The second-order valence-electron chi connectivity index (χ2n) is 6.17. The SMILES string of the molecule is COCCNS(=O)(=O)c1ccc(CNC(=O)c2ccc(NS(C)(=O)=O)cc2)cc1. The highest BCUT2D eigenvalue weighted by Crippen LogP contribution is 2.12. The predicted octanol–water partition coefficient (Wildman–Crippen LogP) is 0.913. The number of carbonyl (C=O) groups excluding carboxylic acids is 1. The van der Waals surface area contributed by atoms with Gasteiger partial charge in [-0.25, -0.2) is 21.6 Å². The first-order valence-corrected chi connectivity index (χ1v) is 11.9. The van der Waals surface area contributed by atoms with Gasteiger partial charge in [0.1, 0.15) is 0 Å². The van der Waals surface area contributed by atoms with Crippen LogP contribution < -0.4 is 14.8 Å². The van der Waals surface area contributed by atoms with Gasteiger partial charge in [-0.05, 0) is 42.0 Å². The van der Waals surface area contributed by atoms with Crippen LogP contribution in [0.4, 0.5) is 5.69 Å². The second-order valence-corrected chi connectivity index (χ2v) is 9.68. The summed E-state index contributed by atoms with van der Waals surface area (Å²) in [6, 6.07) is 12.1. The van der Waals surface area contributed by atoms with E-state index in [9.17, 15) is 21.6 Å². The molecule has 158 valence electrons. The first-order valence-electron chi connectivity index (χ1n) is 8.54. The molecule has 0 saturated heterocycles. The normalized spacial score (nSPS) is 11.8. The van der Waals surface area contributed by atoms with E-state index in [4.69, 9.17) is 4.74 Å². The zero-order valence-corrected chi connectivity index (χ0v) is 17.6. The lowest BCUT2D eigenvalue weighted by molar-refractivity contribution is 0.0951. The van der Waals surface area contributed by atoms with Crippen LogP contribution in [-0.2, 0) is 31.3 Å². The third kappa shape index (κ3) is 7.46. The summed E-state index contributed by atoms with van der Waals surface area (Å²) < 4.78 is 56.1. The highest BCUT2D eigenvalue weighted by molar-refractivity contribution is 7.92. The second kappa shape index (κ2) is 9.83. The van der Waals surface area contributed by atoms with E-state index in [1.165, 1.54) is 43.5 Å². The molecule has 9 nitrogen and oxygen atoms in total. The molecule has 0 aliphatic carbocycles. The Kier molecular flexibility index (Phi) is 7.73. The number of hydrogen-bond acceptors (Lipinski definition) is 6. The van der Waals surface area contributed by atoms with Crippen molar-refractivity contribution < 1.29 is 26.4 Å². The van der Waals surface area contributed by atoms with Crippen molar-refractivity contribution >= 4 is 31.6 Å². The van der Waals surface area contributed by atoms with E-state index in [-0.39, 0.29) is 30.5 Å². The monoisotopic (exact) mass is 441 g/mol. The molecule has 29 heavy (non-hydrogen) atoms. The molecule has 0 aliphatic rings. The molecule has 0 aromatic heterocycles. The molecular weight excluding hydrogens is 418 g/mol. The van der Waals surface area contributed by atoms with Gasteiger partial charge in [0.2, 0.25) is 20.0 Å². The van der Waals surface area contributed by atoms with Gasteiger partial charge in [0.25, 0.3) is 5.91 Å². The van der Waals surface area contributed by atoms with Gasteiger partial charge in [-0.2, -0.15) is 0 Å². The minimum absolute atomic E-state index is 0.123. The number of nitrogens with one attached hydrogen (secondary N) is 3. The maximum atomic E-state index is 12.2. The maximum Gasteiger partial charge on any atom is 0.251 e. The Morgan fingerprint density at radius 1 is 0.966 bits per heavy atom. The summed E-state index contributed by atoms with van der Waals surface area (Å²) in [5.41, 5.74) is 1.45. The molecule has 0 bridgehead atoms. The maximum absolute atomic E-state index is 12.2. The molecule has 2 aromatic carbocycles. The topological polar surface area (TPSA) is 131 Å². The average Bonchev–Trinajstić information content (AvgIpc) is 2.66. The van der Waals surface area contributed by atoms with Crippen molar-refractivity contribution in [3.8, 4) is 0 Å². The first kappa shape index (κ1) is 22.8. The molecule has 0 heterocycles. The summed E-state index contributed by atoms with van der Waals surface area (Å²) in [6.07, 6.45) is 1.04. The van der Waals surface area contributed by atoms with Crippen molar-refractivity contribution in [3.05, 3.63) is 59.7 Å². The molecule has 11 heteroatoms. The summed E-state index contributed by atoms with van der Waals surface area (Å²) in [4.78, 5) is 12.3. The fraction of sp³-hybridized carbons (Fsp3) is 0.278. The Hall–Kier alpha value is -2.47. The number of sulfonamides is 2. The zero-order valence-electron chi connectivity index (χ0n) is 16.0. The Balaban J connectivity index is 1.93. The summed E-state index contributed by atoms with van der Waals surface area (Å²) in [7, 11) is -5.50. The van der Waals surface area contributed by atoms with Crippen molar-refractivity contribution in [1.82, 2.24) is 10.0 Å². The molecule has 0 unspecified atom stereocenters. The van der Waals surface area contributed by atoms with E-state index in [1.54, 1.807) is 12.1 Å². The largest absolute Gasteiger partial charge is 0.383 e. The predicted molar refractivity (Wildman–Crippen MR) is 110 cm³/mol. The van der Waals surface area contributed by atoms with Crippen LogP contribution in [0.3, 0.4) is 0 Å². The van der Waals surface area contributed by atoms with E-state index >= 15 is 0 Å². The van der Waals surface area contributed by atoms with Crippen LogP contribution in [0.1, 0.15) is 15.9 Å². The lowest BCUT2D eigenvalue weighted by Gasteiger charge is -2.09. The van der Waals surface area contributed by atoms with Gasteiger partial charge in [0, 0.05) is 31.5 Å². The van der Waals surface area contributed by atoms with E-state index in [0.29, 0.717) is 11.3 Å². The van der Waals surface area contributed by atoms with E-state index in [1.807, 2.05) is 0 Å². The summed E-state index contributed by atoms with van der Waals surface area (Å²) in [5.74, 6) is -0.339. The Morgan fingerprint density at radius 3 is 2.14 bits per heavy atom. The van der Waals surface area contributed by atoms with E-state index in [0.717, 1.165) is 11.8 Å². The molecule has 0 aliphatic heterocycles. The Morgan fingerprint density at radius 2 is 1.59 bits per heavy atom. The Bertz CT molecular complexity index is 1030. The number of benzene rings is 2. The van der Waals surface area contributed by atoms with Crippen LogP contribution in [0.15, 0.2) is 53.4 Å². The molecule has 0 saturated carbocycles. The third-order valence-electron chi connectivity index (χ3n) is 3.74. The summed E-state index contributed by atoms with van der Waals surface area (Å²) in [6.45, 7) is 0.656. The standard InChI is InChI=1S/C18H23N3O6S2/c1-27-12-11-20-29(25,26)17-9-3-14(4-10-17)13-19-18(22)15-5-7-16(8-6-15)21-28(2,23)24/h3-10,20-21H,11-13H2,1-2H3,(H,19,22). The fourth-order valence-electron chi connectivity index (χ4n) is 2.34. The van der Waals surface area contributed by atoms with Crippen LogP contribution in [0.25, 0.3) is 0 Å². The number of carbonyl (C=O) groups is 1. The molecule has 0 fully saturated rings. The van der Waals surface area contributed by atoms with Crippen molar-refractivity contribution in [3.63, 3.8) is 0 Å². The number of amides is 1. The molecule has 2 aromatic rings. The van der Waals surface area contributed by atoms with Crippen LogP contribution >= 0.6 is 0 Å². The first-order chi connectivity index (χ1) is 13.6. The van der Waals surface area contributed by atoms with Crippen molar-refractivity contribution in [2.24, 2.45) is 0 Å². The summed E-state index contributed by atoms with van der Waals surface area (Å²) in [5, 5.41) is 2.72. The van der Waals surface area contributed by atoms with Gasteiger partial charge in [-0.3, -0.25) is 9.52 Å². The smallest absolute Gasteiger partial charge is 0.251 e. The quantitative estimate of drug-likeness (QED) is 0.470. The summed E-state index contributed by atoms with van der Waals surface area (Å²) >= 11 is 0. The molecule has 0 spiro atoms. The average molecular weight is 442 g/mol.